The molecule has 0 saturated heterocycles. The summed E-state index contributed by atoms with van der Waals surface area (Å²) in [6, 6.07) is 7.73. The minimum Gasteiger partial charge on any atom is -0.465 e. The average Bonchev–Trinajstić information content (AvgIpc) is 2.86. The number of H-pyrrole nitrogens is 1. The monoisotopic (exact) mass is 246 g/mol. The number of esters is 1. The minimum absolute atomic E-state index is 0.0647. The molecule has 0 saturated carbocycles. The van der Waals surface area contributed by atoms with Crippen molar-refractivity contribution in [3.8, 4) is 11.3 Å². The van der Waals surface area contributed by atoms with E-state index in [1.54, 1.807) is 18.2 Å². The van der Waals surface area contributed by atoms with E-state index in [2.05, 4.69) is 9.72 Å². The number of aromatic amines is 1. The van der Waals surface area contributed by atoms with Gasteiger partial charge in [0.15, 0.2) is 0 Å². The number of para-hydroxylation sites is 1. The number of ether oxygens (including phenoxy) is 1. The second-order valence-electron chi connectivity index (χ2n) is 3.53. The van der Waals surface area contributed by atoms with Crippen LogP contribution >= 0.6 is 0 Å². The van der Waals surface area contributed by atoms with Gasteiger partial charge in [-0.05, 0) is 12.1 Å². The van der Waals surface area contributed by atoms with E-state index in [9.17, 15) is 14.9 Å². The van der Waals surface area contributed by atoms with Gasteiger partial charge >= 0.3 is 5.97 Å². The lowest BCUT2D eigenvalue weighted by Gasteiger charge is -2.03. The molecule has 2 aromatic rings. The van der Waals surface area contributed by atoms with E-state index >= 15 is 0 Å². The number of nitro groups is 1. The van der Waals surface area contributed by atoms with Gasteiger partial charge in [0.1, 0.15) is 0 Å². The summed E-state index contributed by atoms with van der Waals surface area (Å²) in [4.78, 5) is 24.8. The van der Waals surface area contributed by atoms with E-state index in [1.807, 2.05) is 0 Å². The number of carbonyl (C=O) groups excluding carboxylic acids is 1. The van der Waals surface area contributed by atoms with Crippen LogP contribution in [0.25, 0.3) is 11.3 Å². The van der Waals surface area contributed by atoms with Crippen LogP contribution in [-0.2, 0) is 4.74 Å². The maximum Gasteiger partial charge on any atom is 0.340 e. The van der Waals surface area contributed by atoms with Gasteiger partial charge in [0, 0.05) is 12.3 Å². The van der Waals surface area contributed by atoms with Gasteiger partial charge in [-0.15, -0.1) is 0 Å². The summed E-state index contributed by atoms with van der Waals surface area (Å²) in [7, 11) is 1.26. The van der Waals surface area contributed by atoms with Crippen LogP contribution in [0.4, 0.5) is 5.69 Å². The first-order valence-electron chi connectivity index (χ1n) is 5.14. The molecule has 92 valence electrons. The van der Waals surface area contributed by atoms with Gasteiger partial charge in [0.25, 0.3) is 5.69 Å². The molecule has 1 heterocycles. The first-order chi connectivity index (χ1) is 8.65. The third kappa shape index (κ3) is 1.95. The van der Waals surface area contributed by atoms with Gasteiger partial charge in [-0.2, -0.15) is 0 Å². The molecule has 0 bridgehead atoms. The van der Waals surface area contributed by atoms with Gasteiger partial charge in [-0.1, -0.05) is 12.1 Å². The lowest BCUT2D eigenvalue weighted by atomic mass is 10.1. The van der Waals surface area contributed by atoms with Crippen molar-refractivity contribution in [3.63, 3.8) is 0 Å². The van der Waals surface area contributed by atoms with Crippen molar-refractivity contribution in [2.45, 2.75) is 0 Å². The average molecular weight is 246 g/mol. The van der Waals surface area contributed by atoms with E-state index < -0.39 is 10.9 Å². The standard InChI is InChI=1S/C12H10N2O4/c1-18-12(15)9-6-7-13-11(9)8-4-2-3-5-10(8)14(16)17/h2-7,13H,1H3. The summed E-state index contributed by atoms with van der Waals surface area (Å²) in [6.45, 7) is 0. The second kappa shape index (κ2) is 4.70. The molecule has 1 aromatic carbocycles. The molecule has 0 aliphatic carbocycles. The fourth-order valence-electron chi connectivity index (χ4n) is 1.72. The molecule has 0 spiro atoms. The Kier molecular flexibility index (Phi) is 3.09. The zero-order valence-corrected chi connectivity index (χ0v) is 9.54. The van der Waals surface area contributed by atoms with Crippen LogP contribution in [0.2, 0.25) is 0 Å². The van der Waals surface area contributed by atoms with Crippen LogP contribution in [0.5, 0.6) is 0 Å². The lowest BCUT2D eigenvalue weighted by Crippen LogP contribution is -2.02. The Balaban J connectivity index is 2.60. The van der Waals surface area contributed by atoms with Crippen molar-refractivity contribution < 1.29 is 14.5 Å². The molecule has 0 fully saturated rings. The molecule has 0 amide bonds. The van der Waals surface area contributed by atoms with Crippen LogP contribution < -0.4 is 0 Å². The number of benzene rings is 1. The molecule has 0 aliphatic heterocycles. The third-order valence-electron chi connectivity index (χ3n) is 2.52. The number of rotatable bonds is 3. The SMILES string of the molecule is COC(=O)c1cc[nH]c1-c1ccccc1[N+](=O)[O-]. The van der Waals surface area contributed by atoms with Crippen LogP contribution in [0, 0.1) is 10.1 Å². The fraction of sp³-hybridized carbons (Fsp3) is 0.0833. The highest BCUT2D eigenvalue weighted by Gasteiger charge is 2.21. The Hall–Kier alpha value is -2.63. The van der Waals surface area contributed by atoms with Gasteiger partial charge in [0.2, 0.25) is 0 Å². The molecule has 18 heavy (non-hydrogen) atoms. The minimum atomic E-state index is -0.538. The molecular weight excluding hydrogens is 236 g/mol. The number of nitrogens with zero attached hydrogens (tertiary/aromatic N) is 1. The molecule has 0 aliphatic rings. The Bertz CT molecular complexity index is 604. The summed E-state index contributed by atoms with van der Waals surface area (Å²) in [5.41, 5.74) is 0.943. The highest BCUT2D eigenvalue weighted by Crippen LogP contribution is 2.30. The van der Waals surface area contributed by atoms with Crippen LogP contribution in [0.3, 0.4) is 0 Å². The third-order valence-corrected chi connectivity index (χ3v) is 2.52. The Morgan fingerprint density at radius 2 is 2.06 bits per heavy atom. The van der Waals surface area contributed by atoms with Crippen molar-refractivity contribution >= 4 is 11.7 Å². The maximum absolute atomic E-state index is 11.5. The predicted molar refractivity (Wildman–Crippen MR) is 64.2 cm³/mol. The maximum atomic E-state index is 11.5. The quantitative estimate of drug-likeness (QED) is 0.511. The molecule has 0 unspecified atom stereocenters. The Morgan fingerprint density at radius 1 is 1.33 bits per heavy atom. The van der Waals surface area contributed by atoms with Crippen molar-refractivity contribution in [1.29, 1.82) is 0 Å². The van der Waals surface area contributed by atoms with Gasteiger partial charge < -0.3 is 9.72 Å². The summed E-state index contributed by atoms with van der Waals surface area (Å²) in [5.74, 6) is -0.538. The highest BCUT2D eigenvalue weighted by atomic mass is 16.6. The molecule has 2 rings (SSSR count). The van der Waals surface area contributed by atoms with Crippen LogP contribution in [0.15, 0.2) is 36.5 Å². The number of methoxy groups -OCH3 is 1. The smallest absolute Gasteiger partial charge is 0.340 e. The predicted octanol–water partition coefficient (Wildman–Crippen LogP) is 2.38. The second-order valence-corrected chi connectivity index (χ2v) is 3.53. The van der Waals surface area contributed by atoms with Gasteiger partial charge in [-0.25, -0.2) is 4.79 Å². The van der Waals surface area contributed by atoms with Gasteiger partial charge in [0.05, 0.1) is 28.9 Å². The zero-order valence-electron chi connectivity index (χ0n) is 9.54. The normalized spacial score (nSPS) is 10.1. The Labute approximate surface area is 102 Å². The number of nitro benzene ring substituents is 1. The van der Waals surface area contributed by atoms with Gasteiger partial charge in [-0.3, -0.25) is 10.1 Å². The summed E-state index contributed by atoms with van der Waals surface area (Å²) in [5, 5.41) is 10.9. The summed E-state index contributed by atoms with van der Waals surface area (Å²) >= 11 is 0. The summed E-state index contributed by atoms with van der Waals surface area (Å²) in [6.07, 6.45) is 1.54. The number of hydrogen-bond donors (Lipinski definition) is 1. The summed E-state index contributed by atoms with van der Waals surface area (Å²) < 4.78 is 4.63. The molecule has 1 N–H and O–H groups in total. The van der Waals surface area contributed by atoms with Crippen molar-refractivity contribution in [2.75, 3.05) is 7.11 Å². The number of nitrogens with one attached hydrogen (secondary N) is 1. The van der Waals surface area contributed by atoms with Crippen molar-refractivity contribution in [1.82, 2.24) is 4.98 Å². The number of aromatic nitrogens is 1. The highest BCUT2D eigenvalue weighted by molar-refractivity contribution is 5.97. The number of hydrogen-bond acceptors (Lipinski definition) is 4. The van der Waals surface area contributed by atoms with Crippen molar-refractivity contribution in [2.24, 2.45) is 0 Å². The molecule has 0 radical (unpaired) electrons. The zero-order chi connectivity index (χ0) is 13.1. The molecule has 1 aromatic heterocycles. The van der Waals surface area contributed by atoms with Crippen molar-refractivity contribution in [3.05, 3.63) is 52.2 Å². The first-order valence-corrected chi connectivity index (χ1v) is 5.14. The molecule has 6 nitrogen and oxygen atoms in total. The number of carbonyl (C=O) groups is 1. The molecule has 6 heteroatoms. The van der Waals surface area contributed by atoms with Crippen LogP contribution in [0.1, 0.15) is 10.4 Å². The van der Waals surface area contributed by atoms with E-state index in [0.29, 0.717) is 11.3 Å². The lowest BCUT2D eigenvalue weighted by molar-refractivity contribution is -0.384. The Morgan fingerprint density at radius 3 is 2.72 bits per heavy atom. The van der Waals surface area contributed by atoms with E-state index in [0.717, 1.165) is 0 Å². The van der Waals surface area contributed by atoms with E-state index in [1.165, 1.54) is 25.4 Å². The molecular formula is C12H10N2O4. The van der Waals surface area contributed by atoms with E-state index in [-0.39, 0.29) is 11.3 Å². The van der Waals surface area contributed by atoms with Crippen LogP contribution in [-0.4, -0.2) is 23.0 Å². The van der Waals surface area contributed by atoms with E-state index in [4.69, 9.17) is 0 Å². The topological polar surface area (TPSA) is 85.2 Å². The largest absolute Gasteiger partial charge is 0.465 e. The first kappa shape index (κ1) is 11.8. The fourth-order valence-corrected chi connectivity index (χ4v) is 1.72. The molecule has 0 atom stereocenters.